The smallest absolute Gasteiger partial charge is 0.142 e. The minimum Gasteiger partial charge on any atom is -0.485 e. The lowest BCUT2D eigenvalue weighted by atomic mass is 10.1. The molecule has 1 aromatic rings. The highest BCUT2D eigenvalue weighted by Gasteiger charge is 2.25. The molecule has 2 atom stereocenters. The van der Waals surface area contributed by atoms with E-state index in [1.807, 2.05) is 31.2 Å². The number of hydrogen-bond acceptors (Lipinski definition) is 3. The number of fused-ring (bicyclic) bond motifs is 1. The van der Waals surface area contributed by atoms with Crippen LogP contribution in [0.1, 0.15) is 13.3 Å². The number of benzene rings is 1. The Balaban J connectivity index is 2.23. The second kappa shape index (κ2) is 3.59. The lowest BCUT2D eigenvalue weighted by Gasteiger charge is -2.31. The van der Waals surface area contributed by atoms with Crippen molar-refractivity contribution in [2.45, 2.75) is 25.5 Å². The first-order valence-electron chi connectivity index (χ1n) is 4.70. The summed E-state index contributed by atoms with van der Waals surface area (Å²) in [5, 5.41) is 11.9. The third kappa shape index (κ3) is 1.51. The van der Waals surface area contributed by atoms with Crippen LogP contribution >= 0.6 is 0 Å². The average molecular weight is 188 g/mol. The van der Waals surface area contributed by atoms with Crippen molar-refractivity contribution >= 4 is 5.69 Å². The summed E-state index contributed by atoms with van der Waals surface area (Å²) in [6, 6.07) is 10.1. The van der Waals surface area contributed by atoms with Crippen LogP contribution in [-0.4, -0.2) is 12.1 Å². The Morgan fingerprint density at radius 2 is 2.29 bits per heavy atom. The van der Waals surface area contributed by atoms with Crippen LogP contribution < -0.4 is 10.1 Å². The second-order valence-electron chi connectivity index (χ2n) is 3.45. The van der Waals surface area contributed by atoms with Crippen molar-refractivity contribution < 1.29 is 4.74 Å². The van der Waals surface area contributed by atoms with Crippen LogP contribution in [0.2, 0.25) is 0 Å². The summed E-state index contributed by atoms with van der Waals surface area (Å²) < 4.78 is 5.70. The van der Waals surface area contributed by atoms with Gasteiger partial charge < -0.3 is 10.1 Å². The zero-order chi connectivity index (χ0) is 9.97. The van der Waals surface area contributed by atoms with Crippen molar-refractivity contribution in [1.29, 1.82) is 5.26 Å². The zero-order valence-electron chi connectivity index (χ0n) is 8.03. The minimum absolute atomic E-state index is 0.0464. The van der Waals surface area contributed by atoms with Crippen molar-refractivity contribution in [2.24, 2.45) is 0 Å². The summed E-state index contributed by atoms with van der Waals surface area (Å²) in [7, 11) is 0. The van der Waals surface area contributed by atoms with E-state index in [-0.39, 0.29) is 12.1 Å². The first-order valence-corrected chi connectivity index (χ1v) is 4.70. The van der Waals surface area contributed by atoms with Gasteiger partial charge in [-0.3, -0.25) is 0 Å². The van der Waals surface area contributed by atoms with Crippen LogP contribution in [0.25, 0.3) is 0 Å². The van der Waals surface area contributed by atoms with E-state index in [0.29, 0.717) is 6.42 Å². The van der Waals surface area contributed by atoms with Gasteiger partial charge in [-0.2, -0.15) is 5.26 Å². The molecule has 0 fully saturated rings. The van der Waals surface area contributed by atoms with Crippen molar-refractivity contribution in [2.75, 3.05) is 5.32 Å². The SMILES string of the molecule is CC1Nc2ccccc2OC1CC#N. The van der Waals surface area contributed by atoms with Crippen LogP contribution in [0, 0.1) is 11.3 Å². The summed E-state index contributed by atoms with van der Waals surface area (Å²) in [6.07, 6.45) is 0.373. The summed E-state index contributed by atoms with van der Waals surface area (Å²) in [6.45, 7) is 2.03. The molecule has 2 rings (SSSR count). The van der Waals surface area contributed by atoms with Crippen molar-refractivity contribution in [3.8, 4) is 11.8 Å². The van der Waals surface area contributed by atoms with Crippen LogP contribution in [0.15, 0.2) is 24.3 Å². The third-order valence-corrected chi connectivity index (χ3v) is 2.40. The molecular formula is C11H12N2O. The highest BCUT2D eigenvalue weighted by Crippen LogP contribution is 2.31. The molecule has 1 heterocycles. The number of nitrogens with zero attached hydrogens (tertiary/aromatic N) is 1. The molecule has 1 aliphatic heterocycles. The van der Waals surface area contributed by atoms with Gasteiger partial charge in [0.05, 0.1) is 24.2 Å². The molecule has 0 aliphatic carbocycles. The second-order valence-corrected chi connectivity index (χ2v) is 3.45. The van der Waals surface area contributed by atoms with Gasteiger partial charge in [0.25, 0.3) is 0 Å². The quantitative estimate of drug-likeness (QED) is 0.734. The van der Waals surface area contributed by atoms with E-state index < -0.39 is 0 Å². The van der Waals surface area contributed by atoms with Gasteiger partial charge in [0.1, 0.15) is 11.9 Å². The maximum Gasteiger partial charge on any atom is 0.142 e. The number of rotatable bonds is 1. The summed E-state index contributed by atoms with van der Waals surface area (Å²) >= 11 is 0. The highest BCUT2D eigenvalue weighted by molar-refractivity contribution is 5.58. The molecule has 1 aliphatic rings. The fraction of sp³-hybridized carbons (Fsp3) is 0.364. The molecule has 72 valence electrons. The highest BCUT2D eigenvalue weighted by atomic mass is 16.5. The topological polar surface area (TPSA) is 45.0 Å². The van der Waals surface area contributed by atoms with Gasteiger partial charge in [0.15, 0.2) is 0 Å². The van der Waals surface area contributed by atoms with E-state index in [1.54, 1.807) is 0 Å². The van der Waals surface area contributed by atoms with E-state index in [0.717, 1.165) is 11.4 Å². The molecule has 0 spiro atoms. The van der Waals surface area contributed by atoms with Crippen molar-refractivity contribution in [1.82, 2.24) is 0 Å². The van der Waals surface area contributed by atoms with E-state index in [4.69, 9.17) is 10.00 Å². The standard InChI is InChI=1S/C11H12N2O/c1-8-10(6-7-12)14-11-5-3-2-4-9(11)13-8/h2-5,8,10,13H,6H2,1H3. The Kier molecular flexibility index (Phi) is 2.28. The van der Waals surface area contributed by atoms with Crippen LogP contribution in [0.3, 0.4) is 0 Å². The fourth-order valence-electron chi connectivity index (χ4n) is 1.60. The Morgan fingerprint density at radius 1 is 1.50 bits per heavy atom. The summed E-state index contributed by atoms with van der Waals surface area (Å²) in [5.41, 5.74) is 1.01. The molecule has 0 saturated carbocycles. The van der Waals surface area contributed by atoms with E-state index in [9.17, 15) is 0 Å². The van der Waals surface area contributed by atoms with E-state index >= 15 is 0 Å². The number of ether oxygens (including phenoxy) is 1. The van der Waals surface area contributed by atoms with E-state index in [2.05, 4.69) is 11.4 Å². The molecule has 14 heavy (non-hydrogen) atoms. The van der Waals surface area contributed by atoms with Gasteiger partial charge >= 0.3 is 0 Å². The zero-order valence-corrected chi connectivity index (χ0v) is 8.03. The van der Waals surface area contributed by atoms with Crippen molar-refractivity contribution in [3.05, 3.63) is 24.3 Å². The lowest BCUT2D eigenvalue weighted by Crippen LogP contribution is -2.38. The Labute approximate surface area is 83.3 Å². The molecular weight excluding hydrogens is 176 g/mol. The third-order valence-electron chi connectivity index (χ3n) is 2.40. The molecule has 0 bridgehead atoms. The van der Waals surface area contributed by atoms with Crippen LogP contribution in [0.5, 0.6) is 5.75 Å². The van der Waals surface area contributed by atoms with Gasteiger partial charge in [-0.25, -0.2) is 0 Å². The normalized spacial score (nSPS) is 24.0. The fourth-order valence-corrected chi connectivity index (χ4v) is 1.60. The minimum atomic E-state index is -0.0464. The van der Waals surface area contributed by atoms with Crippen LogP contribution in [-0.2, 0) is 0 Å². The summed E-state index contributed by atoms with van der Waals surface area (Å²) in [4.78, 5) is 0. The van der Waals surface area contributed by atoms with Gasteiger partial charge in [-0.15, -0.1) is 0 Å². The molecule has 2 unspecified atom stereocenters. The maximum atomic E-state index is 8.63. The molecule has 0 saturated heterocycles. The first-order chi connectivity index (χ1) is 6.81. The molecule has 3 heteroatoms. The molecule has 0 amide bonds. The predicted octanol–water partition coefficient (Wildman–Crippen LogP) is 2.16. The number of anilines is 1. The first kappa shape index (κ1) is 8.89. The van der Waals surface area contributed by atoms with E-state index in [1.165, 1.54) is 0 Å². The van der Waals surface area contributed by atoms with Gasteiger partial charge in [0, 0.05) is 0 Å². The number of nitriles is 1. The molecule has 3 nitrogen and oxygen atoms in total. The Hall–Kier alpha value is -1.69. The van der Waals surface area contributed by atoms with Gasteiger partial charge in [-0.05, 0) is 19.1 Å². The largest absolute Gasteiger partial charge is 0.485 e. The maximum absolute atomic E-state index is 8.63. The molecule has 0 aromatic heterocycles. The number of para-hydroxylation sites is 2. The van der Waals surface area contributed by atoms with Gasteiger partial charge in [-0.1, -0.05) is 12.1 Å². The Morgan fingerprint density at radius 3 is 3.07 bits per heavy atom. The molecule has 1 N–H and O–H groups in total. The molecule has 0 radical (unpaired) electrons. The number of hydrogen-bond donors (Lipinski definition) is 1. The number of nitrogens with one attached hydrogen (secondary N) is 1. The van der Waals surface area contributed by atoms with Gasteiger partial charge in [0.2, 0.25) is 0 Å². The predicted molar refractivity (Wildman–Crippen MR) is 54.2 cm³/mol. The monoisotopic (exact) mass is 188 g/mol. The lowest BCUT2D eigenvalue weighted by molar-refractivity contribution is 0.179. The summed E-state index contributed by atoms with van der Waals surface area (Å²) in [5.74, 6) is 0.839. The Bertz CT molecular complexity index is 370. The van der Waals surface area contributed by atoms with Crippen molar-refractivity contribution in [3.63, 3.8) is 0 Å². The average Bonchev–Trinajstić information content (AvgIpc) is 2.19. The molecule has 1 aromatic carbocycles. The van der Waals surface area contributed by atoms with Crippen LogP contribution in [0.4, 0.5) is 5.69 Å².